The molecule has 4 nitrogen and oxygen atoms in total. The van der Waals surface area contributed by atoms with E-state index in [1.54, 1.807) is 0 Å². The van der Waals surface area contributed by atoms with Crippen LogP contribution >= 0.6 is 67.8 Å². The molecule has 1 aromatic carbocycles. The summed E-state index contributed by atoms with van der Waals surface area (Å²) in [5.41, 5.74) is 0. The van der Waals surface area contributed by atoms with Crippen molar-refractivity contribution in [3.05, 3.63) is 16.5 Å². The van der Waals surface area contributed by atoms with Crippen molar-refractivity contribution < 1.29 is 22.5 Å². The highest BCUT2D eigenvalue weighted by molar-refractivity contribution is 14.1. The molecule has 15 heavy (non-hydrogen) atoms. The van der Waals surface area contributed by atoms with Crippen LogP contribution in [0.5, 0.6) is 5.75 Å². The topological polar surface area (TPSA) is 77.4 Å². The van der Waals surface area contributed by atoms with Crippen LogP contribution in [0, 0.1) is 16.5 Å². The van der Waals surface area contributed by atoms with E-state index >= 15 is 0 Å². The van der Waals surface area contributed by atoms with Gasteiger partial charge in [-0.3, -0.25) is 0 Å². The van der Waals surface area contributed by atoms with Gasteiger partial charge in [0.25, 0.3) is 0 Å². The largest absolute Gasteiger partial charge is 0.744 e. The first-order valence-corrected chi connectivity index (χ1v) is 7.83. The molecule has 0 heterocycles. The van der Waals surface area contributed by atoms with Crippen LogP contribution in [0.25, 0.3) is 0 Å². The molecule has 0 radical (unpaired) electrons. The first kappa shape index (κ1) is 14.1. The minimum absolute atomic E-state index is 0.103. The zero-order chi connectivity index (χ0) is 12.0. The summed E-state index contributed by atoms with van der Waals surface area (Å²) in [5.74, 6) is -1.42. The van der Waals surface area contributed by atoms with Crippen molar-refractivity contribution in [1.82, 2.24) is 0 Å². The fraction of sp³-hybridized carbons (Fsp3) is 0. The molecule has 0 aliphatic rings. The molecule has 0 atom stereocenters. The van der Waals surface area contributed by atoms with Crippen molar-refractivity contribution in [2.75, 3.05) is 0 Å². The lowest BCUT2D eigenvalue weighted by Crippen LogP contribution is -2.08. The first-order valence-electron chi connectivity index (χ1n) is 3.18. The second-order valence-electron chi connectivity index (χ2n) is 2.39. The van der Waals surface area contributed by atoms with Crippen LogP contribution in [0.1, 0.15) is 0 Å². The van der Waals surface area contributed by atoms with Crippen molar-refractivity contribution in [1.29, 1.82) is 0 Å². The summed E-state index contributed by atoms with van der Waals surface area (Å²) in [6.45, 7) is 0. The molecule has 84 valence electrons. The second kappa shape index (κ2) is 4.73. The fourth-order valence-corrected chi connectivity index (χ4v) is 6.23. The molecule has 0 spiro atoms. The molecule has 0 fully saturated rings. The molecule has 0 saturated heterocycles. The maximum absolute atomic E-state index is 13.4. The standard InChI is InChI=1S/C6H2FI3O4S/c7-1-2(8)5(11)4(10)6(3(1)9)15(12,13)14/h11H,(H,12,13,14)/p-1. The van der Waals surface area contributed by atoms with Crippen LogP contribution < -0.4 is 0 Å². The predicted molar refractivity (Wildman–Crippen MR) is 74.2 cm³/mol. The molecule has 0 aromatic heterocycles. The number of hydrogen-bond acceptors (Lipinski definition) is 4. The Hall–Kier alpha value is 1.05. The Morgan fingerprint density at radius 1 is 1.13 bits per heavy atom. The van der Waals surface area contributed by atoms with Crippen LogP contribution in [0.3, 0.4) is 0 Å². The van der Waals surface area contributed by atoms with Gasteiger partial charge in [-0.25, -0.2) is 12.8 Å². The maximum atomic E-state index is 13.4. The van der Waals surface area contributed by atoms with E-state index in [4.69, 9.17) is 0 Å². The second-order valence-corrected chi connectivity index (χ2v) is 6.94. The van der Waals surface area contributed by atoms with Crippen molar-refractivity contribution >= 4 is 77.9 Å². The van der Waals surface area contributed by atoms with Crippen LogP contribution in [0.4, 0.5) is 4.39 Å². The van der Waals surface area contributed by atoms with E-state index in [9.17, 15) is 22.5 Å². The van der Waals surface area contributed by atoms with Gasteiger partial charge in [0.05, 0.1) is 15.6 Å². The molecular weight excluding hydrogens is 568 g/mol. The van der Waals surface area contributed by atoms with E-state index in [-0.39, 0.29) is 10.7 Å². The molecule has 1 rings (SSSR count). The maximum Gasteiger partial charge on any atom is 0.154 e. The number of halogens is 4. The minimum Gasteiger partial charge on any atom is -0.744 e. The minimum atomic E-state index is -4.79. The van der Waals surface area contributed by atoms with Crippen molar-refractivity contribution in [2.45, 2.75) is 4.90 Å². The van der Waals surface area contributed by atoms with Crippen LogP contribution in [0.15, 0.2) is 4.90 Å². The lowest BCUT2D eigenvalue weighted by molar-refractivity contribution is 0.442. The number of phenols is 1. The molecule has 1 aromatic rings. The highest BCUT2D eigenvalue weighted by atomic mass is 127. The van der Waals surface area contributed by atoms with Gasteiger partial charge in [-0.1, -0.05) is 0 Å². The molecule has 0 aliphatic carbocycles. The van der Waals surface area contributed by atoms with Gasteiger partial charge in [-0.15, -0.1) is 0 Å². The molecule has 9 heteroatoms. The lowest BCUT2D eigenvalue weighted by atomic mass is 10.3. The summed E-state index contributed by atoms with van der Waals surface area (Å²) in [5, 5.41) is 9.39. The van der Waals surface area contributed by atoms with E-state index in [2.05, 4.69) is 0 Å². The van der Waals surface area contributed by atoms with Gasteiger partial charge in [0, 0.05) is 0 Å². The van der Waals surface area contributed by atoms with E-state index < -0.39 is 26.6 Å². The van der Waals surface area contributed by atoms with Gasteiger partial charge in [0.2, 0.25) is 0 Å². The molecule has 0 bridgehead atoms. The molecule has 0 amide bonds. The molecule has 0 unspecified atom stereocenters. The smallest absolute Gasteiger partial charge is 0.154 e. The Bertz CT molecular complexity index is 499. The third-order valence-electron chi connectivity index (χ3n) is 1.45. The molecule has 0 saturated carbocycles. The van der Waals surface area contributed by atoms with E-state index in [1.165, 1.54) is 67.8 Å². The lowest BCUT2D eigenvalue weighted by Gasteiger charge is -2.14. The van der Waals surface area contributed by atoms with Crippen molar-refractivity contribution in [3.8, 4) is 5.75 Å². The Balaban J connectivity index is 3.84. The average Bonchev–Trinajstić information content (AvgIpc) is 2.09. The Morgan fingerprint density at radius 2 is 1.60 bits per heavy atom. The number of hydrogen-bond donors (Lipinski definition) is 1. The summed E-state index contributed by atoms with van der Waals surface area (Å²) in [7, 11) is -4.79. The quantitative estimate of drug-likeness (QED) is 0.244. The predicted octanol–water partition coefficient (Wildman–Crippen LogP) is 2.25. The highest BCUT2D eigenvalue weighted by Crippen LogP contribution is 2.37. The van der Waals surface area contributed by atoms with E-state index in [0.29, 0.717) is 0 Å². The third-order valence-corrected chi connectivity index (χ3v) is 6.14. The Labute approximate surface area is 126 Å². The van der Waals surface area contributed by atoms with Gasteiger partial charge in [-0.05, 0) is 67.8 Å². The van der Waals surface area contributed by atoms with Gasteiger partial charge < -0.3 is 9.66 Å². The first-order chi connectivity index (χ1) is 6.68. The fourth-order valence-electron chi connectivity index (χ4n) is 0.820. The van der Waals surface area contributed by atoms with Crippen LogP contribution in [0.2, 0.25) is 0 Å². The number of rotatable bonds is 1. The third kappa shape index (κ3) is 2.66. The Morgan fingerprint density at radius 3 is 2.00 bits per heavy atom. The zero-order valence-corrected chi connectivity index (χ0v) is 13.9. The summed E-state index contributed by atoms with van der Waals surface area (Å²) in [4.78, 5) is -0.709. The van der Waals surface area contributed by atoms with Crippen LogP contribution in [-0.2, 0) is 10.1 Å². The molecule has 0 aliphatic heterocycles. The van der Waals surface area contributed by atoms with Crippen molar-refractivity contribution in [3.63, 3.8) is 0 Å². The van der Waals surface area contributed by atoms with E-state index in [0.717, 1.165) is 0 Å². The summed E-state index contributed by atoms with van der Waals surface area (Å²) in [6, 6.07) is 0. The monoisotopic (exact) mass is 569 g/mol. The number of benzene rings is 1. The van der Waals surface area contributed by atoms with Crippen LogP contribution in [-0.4, -0.2) is 18.1 Å². The summed E-state index contributed by atoms with van der Waals surface area (Å²) < 4.78 is 45.4. The summed E-state index contributed by atoms with van der Waals surface area (Å²) >= 11 is 4.45. The highest BCUT2D eigenvalue weighted by Gasteiger charge is 2.23. The van der Waals surface area contributed by atoms with Crippen molar-refractivity contribution in [2.24, 2.45) is 0 Å². The molecule has 1 N–H and O–H groups in total. The normalized spacial score (nSPS) is 11.8. The van der Waals surface area contributed by atoms with Gasteiger partial charge in [-0.2, -0.15) is 0 Å². The van der Waals surface area contributed by atoms with Gasteiger partial charge in [0.15, 0.2) is 5.82 Å². The van der Waals surface area contributed by atoms with Gasteiger partial charge >= 0.3 is 0 Å². The van der Waals surface area contributed by atoms with E-state index in [1.807, 2.05) is 0 Å². The van der Waals surface area contributed by atoms with Gasteiger partial charge in [0.1, 0.15) is 15.9 Å². The summed E-state index contributed by atoms with van der Waals surface area (Å²) in [6.07, 6.45) is 0. The zero-order valence-electron chi connectivity index (χ0n) is 6.59. The SMILES string of the molecule is O=S(=O)([O-])c1c(I)c(O)c(I)c(F)c1I. The number of aromatic hydroxyl groups is 1. The Kier molecular flexibility index (Phi) is 4.45. The number of phenolic OH excluding ortho intramolecular Hbond substituents is 1. The molecular formula is C6HFI3O4S-. The average molecular weight is 569 g/mol.